The van der Waals surface area contributed by atoms with Gasteiger partial charge >= 0.3 is 5.69 Å². The molecule has 0 aliphatic rings. The number of anilines is 1. The highest BCUT2D eigenvalue weighted by Crippen LogP contribution is 2.22. The van der Waals surface area contributed by atoms with Crippen LogP contribution in [0.5, 0.6) is 0 Å². The van der Waals surface area contributed by atoms with Crippen LogP contribution in [0.1, 0.15) is 30.9 Å². The highest BCUT2D eigenvalue weighted by molar-refractivity contribution is 5.47. The van der Waals surface area contributed by atoms with E-state index in [-0.39, 0.29) is 12.1 Å². The van der Waals surface area contributed by atoms with Crippen molar-refractivity contribution in [2.45, 2.75) is 26.3 Å². The lowest BCUT2D eigenvalue weighted by Gasteiger charge is -2.11. The molecule has 0 amide bonds. The molecule has 2 aromatic carbocycles. The second-order valence-electron chi connectivity index (χ2n) is 5.14. The molecular formula is C16H17FN2O2. The first-order chi connectivity index (χ1) is 9.99. The Morgan fingerprint density at radius 3 is 2.62 bits per heavy atom. The highest BCUT2D eigenvalue weighted by atomic mass is 19.1. The molecule has 4 nitrogen and oxygen atoms in total. The maximum Gasteiger partial charge on any atom is 0.305 e. The molecule has 0 unspecified atom stereocenters. The standard InChI is InChI=1S/C16H17FN2O2/c1-11(2)12-5-3-7-14(9-12)18-10-13-6-4-8-15(16(13)17)19(20)21/h3-9,11,18H,10H2,1-2H3. The smallest absolute Gasteiger partial charge is 0.305 e. The average molecular weight is 288 g/mol. The van der Waals surface area contributed by atoms with Crippen molar-refractivity contribution in [1.82, 2.24) is 0 Å². The molecule has 0 aromatic heterocycles. The van der Waals surface area contributed by atoms with Gasteiger partial charge in [-0.3, -0.25) is 10.1 Å². The Morgan fingerprint density at radius 2 is 1.95 bits per heavy atom. The van der Waals surface area contributed by atoms with E-state index in [2.05, 4.69) is 19.2 Å². The van der Waals surface area contributed by atoms with Gasteiger partial charge < -0.3 is 5.32 Å². The Balaban J connectivity index is 2.15. The van der Waals surface area contributed by atoms with Crippen LogP contribution in [0.3, 0.4) is 0 Å². The fraction of sp³-hybridized carbons (Fsp3) is 0.250. The highest BCUT2D eigenvalue weighted by Gasteiger charge is 2.16. The van der Waals surface area contributed by atoms with Gasteiger partial charge in [-0.1, -0.05) is 38.1 Å². The fourth-order valence-corrected chi connectivity index (χ4v) is 2.05. The molecule has 5 heteroatoms. The maximum absolute atomic E-state index is 14.0. The molecule has 0 aliphatic heterocycles. The van der Waals surface area contributed by atoms with Crippen molar-refractivity contribution in [3.05, 3.63) is 69.5 Å². The van der Waals surface area contributed by atoms with Gasteiger partial charge in [-0.15, -0.1) is 0 Å². The number of benzene rings is 2. The molecule has 110 valence electrons. The van der Waals surface area contributed by atoms with Gasteiger partial charge in [0.2, 0.25) is 5.82 Å². The van der Waals surface area contributed by atoms with Crippen LogP contribution in [0.15, 0.2) is 42.5 Å². The van der Waals surface area contributed by atoms with E-state index in [1.54, 1.807) is 6.07 Å². The summed E-state index contributed by atoms with van der Waals surface area (Å²) in [7, 11) is 0. The second-order valence-corrected chi connectivity index (χ2v) is 5.14. The quantitative estimate of drug-likeness (QED) is 0.652. The summed E-state index contributed by atoms with van der Waals surface area (Å²) in [6, 6.07) is 12.1. The van der Waals surface area contributed by atoms with E-state index in [0.717, 1.165) is 11.8 Å². The minimum absolute atomic E-state index is 0.203. The van der Waals surface area contributed by atoms with Crippen molar-refractivity contribution in [3.8, 4) is 0 Å². The Bertz CT molecular complexity index is 656. The first-order valence-electron chi connectivity index (χ1n) is 6.74. The number of nitrogens with zero attached hydrogens (tertiary/aromatic N) is 1. The zero-order valence-electron chi connectivity index (χ0n) is 12.0. The van der Waals surface area contributed by atoms with Crippen molar-refractivity contribution in [1.29, 1.82) is 0 Å². The van der Waals surface area contributed by atoms with Crippen LogP contribution in [0.2, 0.25) is 0 Å². The van der Waals surface area contributed by atoms with E-state index in [1.165, 1.54) is 11.6 Å². The molecule has 2 rings (SSSR count). The molecule has 0 aliphatic carbocycles. The van der Waals surface area contributed by atoms with Gasteiger partial charge in [-0.2, -0.15) is 4.39 Å². The van der Waals surface area contributed by atoms with Crippen molar-refractivity contribution in [2.24, 2.45) is 0 Å². The first-order valence-corrected chi connectivity index (χ1v) is 6.74. The van der Waals surface area contributed by atoms with Crippen LogP contribution in [-0.4, -0.2) is 4.92 Å². The van der Waals surface area contributed by atoms with E-state index >= 15 is 0 Å². The minimum atomic E-state index is -0.782. The van der Waals surface area contributed by atoms with Gasteiger partial charge in [0.1, 0.15) is 0 Å². The lowest BCUT2D eigenvalue weighted by molar-refractivity contribution is -0.387. The predicted octanol–water partition coefficient (Wildman–Crippen LogP) is 4.47. The third-order valence-electron chi connectivity index (χ3n) is 3.29. The topological polar surface area (TPSA) is 55.2 Å². The molecular weight excluding hydrogens is 271 g/mol. The van der Waals surface area contributed by atoms with E-state index in [1.807, 2.05) is 24.3 Å². The van der Waals surface area contributed by atoms with Gasteiger partial charge in [0, 0.05) is 23.9 Å². The normalized spacial score (nSPS) is 10.7. The third-order valence-corrected chi connectivity index (χ3v) is 3.29. The number of halogens is 1. The first kappa shape index (κ1) is 15.0. The second kappa shape index (κ2) is 6.35. The number of hydrogen-bond acceptors (Lipinski definition) is 3. The van der Waals surface area contributed by atoms with Crippen LogP contribution in [-0.2, 0) is 6.54 Å². The monoisotopic (exact) mass is 288 g/mol. The zero-order chi connectivity index (χ0) is 15.4. The minimum Gasteiger partial charge on any atom is -0.381 e. The van der Waals surface area contributed by atoms with Crippen LogP contribution in [0.25, 0.3) is 0 Å². The van der Waals surface area contributed by atoms with E-state index in [0.29, 0.717) is 5.92 Å². The summed E-state index contributed by atoms with van der Waals surface area (Å²) in [4.78, 5) is 10.0. The SMILES string of the molecule is CC(C)c1cccc(NCc2cccc([N+](=O)[O-])c2F)c1. The van der Waals surface area contributed by atoms with Gasteiger partial charge in [0.25, 0.3) is 0 Å². The molecule has 0 saturated heterocycles. The third kappa shape index (κ3) is 3.56. The molecule has 0 atom stereocenters. The number of nitrogens with one attached hydrogen (secondary N) is 1. The molecule has 0 heterocycles. The lowest BCUT2D eigenvalue weighted by atomic mass is 10.0. The molecule has 0 spiro atoms. The van der Waals surface area contributed by atoms with E-state index < -0.39 is 16.4 Å². The van der Waals surface area contributed by atoms with Crippen LogP contribution >= 0.6 is 0 Å². The number of nitro benzene ring substituents is 1. The van der Waals surface area contributed by atoms with Crippen molar-refractivity contribution in [2.75, 3.05) is 5.32 Å². The fourth-order valence-electron chi connectivity index (χ4n) is 2.05. The summed E-state index contributed by atoms with van der Waals surface area (Å²) in [5.74, 6) is -0.378. The van der Waals surface area contributed by atoms with E-state index in [4.69, 9.17) is 0 Å². The van der Waals surface area contributed by atoms with Crippen molar-refractivity contribution >= 4 is 11.4 Å². The van der Waals surface area contributed by atoms with Gasteiger partial charge in [0.05, 0.1) is 4.92 Å². The summed E-state index contributed by atoms with van der Waals surface area (Å²) < 4.78 is 14.0. The summed E-state index contributed by atoms with van der Waals surface area (Å²) in [6.07, 6.45) is 0. The Hall–Kier alpha value is -2.43. The molecule has 0 saturated carbocycles. The zero-order valence-corrected chi connectivity index (χ0v) is 12.0. The summed E-state index contributed by atoms with van der Waals surface area (Å²) in [5, 5.41) is 13.8. The largest absolute Gasteiger partial charge is 0.381 e. The molecule has 1 N–H and O–H groups in total. The van der Waals surface area contributed by atoms with Gasteiger partial charge in [-0.05, 0) is 23.6 Å². The van der Waals surface area contributed by atoms with Gasteiger partial charge in [-0.25, -0.2) is 0 Å². The number of rotatable bonds is 5. The summed E-state index contributed by atoms with van der Waals surface area (Å²) >= 11 is 0. The van der Waals surface area contributed by atoms with E-state index in [9.17, 15) is 14.5 Å². The predicted molar refractivity (Wildman–Crippen MR) is 80.9 cm³/mol. The number of nitro groups is 1. The molecule has 0 radical (unpaired) electrons. The molecule has 0 bridgehead atoms. The van der Waals surface area contributed by atoms with Gasteiger partial charge in [0.15, 0.2) is 0 Å². The van der Waals surface area contributed by atoms with Crippen LogP contribution in [0, 0.1) is 15.9 Å². The Morgan fingerprint density at radius 1 is 1.24 bits per heavy atom. The Labute approximate surface area is 122 Å². The van der Waals surface area contributed by atoms with Crippen molar-refractivity contribution in [3.63, 3.8) is 0 Å². The maximum atomic E-state index is 14.0. The van der Waals surface area contributed by atoms with Crippen LogP contribution < -0.4 is 5.32 Å². The summed E-state index contributed by atoms with van der Waals surface area (Å²) in [5.41, 5.74) is 1.83. The van der Waals surface area contributed by atoms with Crippen LogP contribution in [0.4, 0.5) is 15.8 Å². The Kier molecular flexibility index (Phi) is 4.52. The molecule has 0 fully saturated rings. The van der Waals surface area contributed by atoms with Crippen molar-refractivity contribution < 1.29 is 9.31 Å². The summed E-state index contributed by atoms with van der Waals surface area (Å²) in [6.45, 7) is 4.40. The number of hydrogen-bond donors (Lipinski definition) is 1. The molecule has 21 heavy (non-hydrogen) atoms. The average Bonchev–Trinajstić information content (AvgIpc) is 2.46. The lowest BCUT2D eigenvalue weighted by Crippen LogP contribution is -2.04. The molecule has 2 aromatic rings.